The second kappa shape index (κ2) is 5.66. The van der Waals surface area contributed by atoms with Crippen LogP contribution in [-0.2, 0) is 12.8 Å². The van der Waals surface area contributed by atoms with Crippen LogP contribution in [0.15, 0.2) is 15.0 Å². The molecule has 0 heterocycles. The Hall–Kier alpha value is -1.35. The lowest BCUT2D eigenvalue weighted by Crippen LogP contribution is -1.97. The highest BCUT2D eigenvalue weighted by Gasteiger charge is 2.14. The van der Waals surface area contributed by atoms with Crippen molar-refractivity contribution in [3.8, 4) is 18.2 Å². The molecule has 1 aromatic carbocycles. The van der Waals surface area contributed by atoms with Gasteiger partial charge in [0, 0.05) is 8.95 Å². The van der Waals surface area contributed by atoms with Crippen LogP contribution in [0, 0.1) is 34.0 Å². The van der Waals surface area contributed by atoms with E-state index in [9.17, 15) is 0 Å². The largest absolute Gasteiger partial charge is 0.198 e. The summed E-state index contributed by atoms with van der Waals surface area (Å²) >= 11 is 6.61. The third kappa shape index (κ3) is 2.42. The Kier molecular flexibility index (Phi) is 4.50. The van der Waals surface area contributed by atoms with Crippen LogP contribution in [0.25, 0.3) is 0 Å². The average molecular weight is 339 g/mol. The van der Waals surface area contributed by atoms with Gasteiger partial charge in [-0.25, -0.2) is 0 Å². The molecule has 0 aliphatic rings. The summed E-state index contributed by atoms with van der Waals surface area (Å²) in [4.78, 5) is 0. The number of rotatable bonds is 2. The summed E-state index contributed by atoms with van der Waals surface area (Å²) in [5.41, 5.74) is 1.81. The molecule has 0 spiro atoms. The number of hydrogen-bond donors (Lipinski definition) is 0. The highest BCUT2D eigenvalue weighted by atomic mass is 79.9. The van der Waals surface area contributed by atoms with Crippen molar-refractivity contribution in [3.05, 3.63) is 31.7 Å². The van der Waals surface area contributed by atoms with Crippen molar-refractivity contribution in [2.24, 2.45) is 0 Å². The Labute approximate surface area is 110 Å². The molecule has 0 saturated heterocycles. The monoisotopic (exact) mass is 337 g/mol. The molecule has 1 rings (SSSR count). The minimum absolute atomic E-state index is 0.162. The quantitative estimate of drug-likeness (QED) is 0.831. The van der Waals surface area contributed by atoms with Crippen LogP contribution in [0.2, 0.25) is 0 Å². The van der Waals surface area contributed by atoms with E-state index in [0.29, 0.717) is 20.1 Å². The molecule has 0 unspecified atom stereocenters. The fraction of sp³-hybridized carbons (Fsp3) is 0.182. The Morgan fingerprint density at radius 1 is 1.06 bits per heavy atom. The Balaban J connectivity index is 3.48. The molecule has 0 bridgehead atoms. The Morgan fingerprint density at radius 2 is 1.69 bits per heavy atom. The maximum Gasteiger partial charge on any atom is 0.101 e. The predicted molar refractivity (Wildman–Crippen MR) is 65.2 cm³/mol. The van der Waals surface area contributed by atoms with Crippen molar-refractivity contribution in [3.63, 3.8) is 0 Å². The molecule has 16 heavy (non-hydrogen) atoms. The molecule has 0 fully saturated rings. The lowest BCUT2D eigenvalue weighted by molar-refractivity contribution is 1.16. The summed E-state index contributed by atoms with van der Waals surface area (Å²) in [5.74, 6) is 0. The van der Waals surface area contributed by atoms with E-state index < -0.39 is 0 Å². The molecule has 0 aromatic heterocycles. The first-order chi connectivity index (χ1) is 7.65. The number of benzene rings is 1. The van der Waals surface area contributed by atoms with Crippen LogP contribution in [0.3, 0.4) is 0 Å². The van der Waals surface area contributed by atoms with Crippen LogP contribution in [0.5, 0.6) is 0 Å². The predicted octanol–water partition coefficient (Wildman–Crippen LogP) is 3.22. The van der Waals surface area contributed by atoms with Gasteiger partial charge < -0.3 is 0 Å². The number of nitrogens with zero attached hydrogens (tertiary/aromatic N) is 3. The van der Waals surface area contributed by atoms with Gasteiger partial charge >= 0.3 is 0 Å². The van der Waals surface area contributed by atoms with Gasteiger partial charge in [0.2, 0.25) is 0 Å². The lowest BCUT2D eigenvalue weighted by atomic mass is 10.0. The second-order valence-electron chi connectivity index (χ2n) is 2.97. The molecule has 0 aliphatic carbocycles. The number of hydrogen-bond acceptors (Lipinski definition) is 3. The lowest BCUT2D eigenvalue weighted by Gasteiger charge is -2.09. The topological polar surface area (TPSA) is 71.4 Å². The number of nitriles is 3. The zero-order chi connectivity index (χ0) is 12.1. The van der Waals surface area contributed by atoms with Gasteiger partial charge in [0.15, 0.2) is 0 Å². The smallest absolute Gasteiger partial charge is 0.101 e. The highest BCUT2D eigenvalue weighted by molar-refractivity contribution is 9.11. The molecular formula is C11H5Br2N3. The summed E-state index contributed by atoms with van der Waals surface area (Å²) in [5, 5.41) is 26.4. The van der Waals surface area contributed by atoms with Gasteiger partial charge in [0.1, 0.15) is 6.07 Å². The van der Waals surface area contributed by atoms with Crippen molar-refractivity contribution in [2.75, 3.05) is 0 Å². The zero-order valence-corrected chi connectivity index (χ0v) is 11.3. The van der Waals surface area contributed by atoms with E-state index in [-0.39, 0.29) is 12.8 Å². The van der Waals surface area contributed by atoms with Crippen LogP contribution < -0.4 is 0 Å². The second-order valence-corrected chi connectivity index (χ2v) is 4.61. The standard InChI is InChI=1S/C11H5Br2N3/c12-10-5-7(1-3-14)11(13)9(6-16)8(10)2-4-15/h5H,1-2H2. The van der Waals surface area contributed by atoms with Crippen LogP contribution >= 0.6 is 31.9 Å². The van der Waals surface area contributed by atoms with E-state index in [2.05, 4.69) is 37.9 Å². The molecular weight excluding hydrogens is 334 g/mol. The van der Waals surface area contributed by atoms with Gasteiger partial charge in [-0.1, -0.05) is 15.9 Å². The molecule has 0 saturated carbocycles. The van der Waals surface area contributed by atoms with Crippen molar-refractivity contribution in [2.45, 2.75) is 12.8 Å². The van der Waals surface area contributed by atoms with Gasteiger partial charge in [-0.05, 0) is 33.1 Å². The number of halogens is 2. The normalized spacial score (nSPS) is 8.94. The molecule has 0 atom stereocenters. The Morgan fingerprint density at radius 3 is 2.19 bits per heavy atom. The zero-order valence-electron chi connectivity index (χ0n) is 8.09. The summed E-state index contributed by atoms with van der Waals surface area (Å²) in [6.45, 7) is 0. The molecule has 0 N–H and O–H groups in total. The van der Waals surface area contributed by atoms with Crippen LogP contribution in [-0.4, -0.2) is 0 Å². The third-order valence-corrected chi connectivity index (χ3v) is 3.64. The van der Waals surface area contributed by atoms with Gasteiger partial charge in [-0.3, -0.25) is 0 Å². The average Bonchev–Trinajstić information content (AvgIpc) is 2.26. The Bertz CT molecular complexity index is 544. The molecule has 0 aliphatic heterocycles. The summed E-state index contributed by atoms with van der Waals surface area (Å²) in [7, 11) is 0. The molecule has 78 valence electrons. The molecule has 0 amide bonds. The molecule has 3 nitrogen and oxygen atoms in total. The SMILES string of the molecule is N#CCc1cc(Br)c(CC#N)c(C#N)c1Br. The van der Waals surface area contributed by atoms with Gasteiger partial charge in [0.05, 0.1) is 30.5 Å². The van der Waals surface area contributed by atoms with Crippen molar-refractivity contribution >= 4 is 31.9 Å². The van der Waals surface area contributed by atoms with Crippen molar-refractivity contribution < 1.29 is 0 Å². The molecule has 5 heteroatoms. The fourth-order valence-electron chi connectivity index (χ4n) is 1.30. The van der Waals surface area contributed by atoms with Gasteiger partial charge in [0.25, 0.3) is 0 Å². The van der Waals surface area contributed by atoms with Crippen molar-refractivity contribution in [1.82, 2.24) is 0 Å². The highest BCUT2D eigenvalue weighted by Crippen LogP contribution is 2.31. The van der Waals surface area contributed by atoms with E-state index in [1.54, 1.807) is 6.07 Å². The maximum atomic E-state index is 9.05. The van der Waals surface area contributed by atoms with E-state index in [4.69, 9.17) is 15.8 Å². The van der Waals surface area contributed by atoms with E-state index in [1.165, 1.54) is 0 Å². The van der Waals surface area contributed by atoms with Gasteiger partial charge in [-0.15, -0.1) is 0 Å². The van der Waals surface area contributed by atoms with E-state index in [0.717, 1.165) is 5.56 Å². The first kappa shape index (κ1) is 12.7. The minimum atomic E-state index is 0.162. The van der Waals surface area contributed by atoms with E-state index in [1.807, 2.05) is 12.1 Å². The van der Waals surface area contributed by atoms with Crippen LogP contribution in [0.4, 0.5) is 0 Å². The molecule has 0 radical (unpaired) electrons. The van der Waals surface area contributed by atoms with Gasteiger partial charge in [-0.2, -0.15) is 15.8 Å². The van der Waals surface area contributed by atoms with E-state index >= 15 is 0 Å². The minimum Gasteiger partial charge on any atom is -0.198 e. The first-order valence-electron chi connectivity index (χ1n) is 4.29. The third-order valence-electron chi connectivity index (χ3n) is 2.03. The van der Waals surface area contributed by atoms with Crippen molar-refractivity contribution in [1.29, 1.82) is 15.8 Å². The molecule has 1 aromatic rings. The summed E-state index contributed by atoms with van der Waals surface area (Å²) < 4.78 is 1.30. The first-order valence-corrected chi connectivity index (χ1v) is 5.88. The summed E-state index contributed by atoms with van der Waals surface area (Å²) in [6.07, 6.45) is 0.385. The summed E-state index contributed by atoms with van der Waals surface area (Å²) in [6, 6.07) is 7.86. The van der Waals surface area contributed by atoms with Crippen LogP contribution in [0.1, 0.15) is 16.7 Å². The fourth-order valence-corrected chi connectivity index (χ4v) is 2.50. The maximum absolute atomic E-state index is 9.05.